The van der Waals surface area contributed by atoms with Crippen LogP contribution in [0.15, 0.2) is 48.7 Å². The quantitative estimate of drug-likeness (QED) is 0.198. The highest BCUT2D eigenvalue weighted by atomic mass is 19.1. The number of carbonyl (C=O) groups is 2. The Morgan fingerprint density at radius 3 is 2.62 bits per heavy atom. The van der Waals surface area contributed by atoms with E-state index in [-0.39, 0.29) is 17.2 Å². The standard InChI is InChI=1S/C28H32FN7O3/c1-16-12-23(39-4)22(13-17(16)8-10-31-25(37)15-36(2)3)34-24-14-21(18-9-11-32-28(18)35-24)33-20-7-5-6-19(29)26(20)27(30)38/h5-7,9,11-14H,8,10,15H2,1-4H3,(H2,30,38)(H,31,37)(H3,32,33,34,35). The maximum Gasteiger partial charge on any atom is 0.253 e. The Labute approximate surface area is 225 Å². The first-order valence-corrected chi connectivity index (χ1v) is 12.4. The molecule has 0 saturated carbocycles. The SMILES string of the molecule is COc1cc(C)c(CCNC(=O)CN(C)C)cc1Nc1cc(Nc2cccc(F)c2C(N)=O)c2cc[nH]c2n1. The van der Waals surface area contributed by atoms with Crippen molar-refractivity contribution in [3.05, 3.63) is 71.2 Å². The van der Waals surface area contributed by atoms with Gasteiger partial charge in [-0.25, -0.2) is 9.37 Å². The van der Waals surface area contributed by atoms with Gasteiger partial charge in [0, 0.05) is 24.2 Å². The number of aryl methyl sites for hydroxylation is 1. The number of anilines is 4. The lowest BCUT2D eigenvalue weighted by Crippen LogP contribution is -2.34. The Balaban J connectivity index is 1.63. The molecule has 2 aromatic carbocycles. The van der Waals surface area contributed by atoms with Crippen LogP contribution in [0.3, 0.4) is 0 Å². The predicted molar refractivity (Wildman–Crippen MR) is 151 cm³/mol. The number of primary amides is 1. The molecular weight excluding hydrogens is 501 g/mol. The zero-order valence-electron chi connectivity index (χ0n) is 22.3. The fraction of sp³-hybridized carbons (Fsp3) is 0.250. The lowest BCUT2D eigenvalue weighted by Gasteiger charge is -2.17. The number of methoxy groups -OCH3 is 1. The van der Waals surface area contributed by atoms with E-state index in [1.807, 2.05) is 44.1 Å². The molecule has 10 nitrogen and oxygen atoms in total. The van der Waals surface area contributed by atoms with Gasteiger partial charge >= 0.3 is 0 Å². The summed E-state index contributed by atoms with van der Waals surface area (Å²) in [7, 11) is 5.28. The van der Waals surface area contributed by atoms with E-state index in [0.29, 0.717) is 48.1 Å². The van der Waals surface area contributed by atoms with Crippen LogP contribution in [0, 0.1) is 12.7 Å². The zero-order chi connectivity index (χ0) is 28.1. The van der Waals surface area contributed by atoms with Crippen molar-refractivity contribution in [2.75, 3.05) is 44.9 Å². The molecule has 4 aromatic rings. The molecule has 0 spiro atoms. The van der Waals surface area contributed by atoms with Crippen molar-refractivity contribution in [1.82, 2.24) is 20.2 Å². The van der Waals surface area contributed by atoms with Gasteiger partial charge in [-0.05, 0) is 68.9 Å². The fourth-order valence-electron chi connectivity index (χ4n) is 4.31. The molecule has 0 radical (unpaired) electrons. The molecule has 0 fully saturated rings. The average molecular weight is 534 g/mol. The molecule has 0 aliphatic rings. The van der Waals surface area contributed by atoms with E-state index in [1.54, 1.807) is 25.4 Å². The van der Waals surface area contributed by atoms with Crippen molar-refractivity contribution in [3.63, 3.8) is 0 Å². The minimum atomic E-state index is -0.872. The zero-order valence-corrected chi connectivity index (χ0v) is 22.3. The highest BCUT2D eigenvalue weighted by Crippen LogP contribution is 2.34. The molecule has 39 heavy (non-hydrogen) atoms. The number of hydrogen-bond acceptors (Lipinski definition) is 7. The smallest absolute Gasteiger partial charge is 0.253 e. The Kier molecular flexibility index (Phi) is 8.30. The molecule has 0 atom stereocenters. The molecule has 2 amide bonds. The molecule has 204 valence electrons. The third-order valence-electron chi connectivity index (χ3n) is 6.16. The predicted octanol–water partition coefficient (Wildman–Crippen LogP) is 3.83. The maximum atomic E-state index is 14.4. The van der Waals surface area contributed by atoms with Crippen LogP contribution in [0.25, 0.3) is 11.0 Å². The van der Waals surface area contributed by atoms with Crippen molar-refractivity contribution < 1.29 is 18.7 Å². The molecule has 0 aliphatic heterocycles. The highest BCUT2D eigenvalue weighted by Gasteiger charge is 2.17. The monoisotopic (exact) mass is 533 g/mol. The summed E-state index contributed by atoms with van der Waals surface area (Å²) in [6, 6.07) is 11.8. The highest BCUT2D eigenvalue weighted by molar-refractivity contribution is 6.01. The van der Waals surface area contributed by atoms with Gasteiger partial charge in [0.05, 0.1) is 36.3 Å². The second-order valence-electron chi connectivity index (χ2n) is 9.39. The number of ether oxygens (including phenoxy) is 1. The molecule has 6 N–H and O–H groups in total. The molecule has 0 unspecified atom stereocenters. The van der Waals surface area contributed by atoms with Crippen molar-refractivity contribution >= 4 is 45.7 Å². The average Bonchev–Trinajstić information content (AvgIpc) is 3.34. The number of carbonyl (C=O) groups excluding carboxylic acids is 2. The first-order chi connectivity index (χ1) is 18.7. The number of likely N-dealkylation sites (N-methyl/N-ethyl adjacent to an activating group) is 1. The summed E-state index contributed by atoms with van der Waals surface area (Å²) in [5.74, 6) is -0.511. The van der Waals surface area contributed by atoms with E-state index < -0.39 is 11.7 Å². The van der Waals surface area contributed by atoms with Gasteiger partial charge in [0.15, 0.2) is 0 Å². The number of fused-ring (bicyclic) bond motifs is 1. The first-order valence-electron chi connectivity index (χ1n) is 12.4. The topological polar surface area (TPSA) is 137 Å². The van der Waals surface area contributed by atoms with Crippen LogP contribution in [0.4, 0.5) is 27.3 Å². The van der Waals surface area contributed by atoms with Crippen LogP contribution in [-0.4, -0.2) is 61.0 Å². The Hall–Kier alpha value is -4.64. The van der Waals surface area contributed by atoms with Gasteiger partial charge in [-0.3, -0.25) is 9.59 Å². The van der Waals surface area contributed by atoms with Crippen LogP contribution in [0.5, 0.6) is 5.75 Å². The van der Waals surface area contributed by atoms with Gasteiger partial charge in [0.2, 0.25) is 5.91 Å². The van der Waals surface area contributed by atoms with E-state index in [4.69, 9.17) is 10.5 Å². The van der Waals surface area contributed by atoms with Crippen LogP contribution in [0.1, 0.15) is 21.5 Å². The minimum Gasteiger partial charge on any atom is -0.495 e. The molecule has 4 rings (SSSR count). The number of rotatable bonds is 11. The summed E-state index contributed by atoms with van der Waals surface area (Å²) in [5, 5.41) is 10.1. The van der Waals surface area contributed by atoms with Crippen molar-refractivity contribution in [2.24, 2.45) is 5.73 Å². The van der Waals surface area contributed by atoms with Gasteiger partial charge in [-0.2, -0.15) is 0 Å². The lowest BCUT2D eigenvalue weighted by molar-refractivity contribution is -0.121. The number of halogens is 1. The maximum absolute atomic E-state index is 14.4. The van der Waals surface area contributed by atoms with Crippen molar-refractivity contribution in [2.45, 2.75) is 13.3 Å². The number of nitrogens with zero attached hydrogens (tertiary/aromatic N) is 2. The Bertz CT molecular complexity index is 1520. The van der Waals surface area contributed by atoms with Gasteiger partial charge in [0.1, 0.15) is 23.0 Å². The largest absolute Gasteiger partial charge is 0.495 e. The summed E-state index contributed by atoms with van der Waals surface area (Å²) in [6.45, 7) is 2.81. The van der Waals surface area contributed by atoms with Crippen molar-refractivity contribution in [1.29, 1.82) is 0 Å². The number of benzene rings is 2. The number of amides is 2. The third kappa shape index (κ3) is 6.44. The van der Waals surface area contributed by atoms with Crippen molar-refractivity contribution in [3.8, 4) is 5.75 Å². The van der Waals surface area contributed by atoms with Gasteiger partial charge in [-0.15, -0.1) is 0 Å². The van der Waals surface area contributed by atoms with Gasteiger partial charge in [0.25, 0.3) is 5.91 Å². The number of aromatic nitrogens is 2. The number of aromatic amines is 1. The molecule has 0 saturated heterocycles. The minimum absolute atomic E-state index is 0.0363. The van der Waals surface area contributed by atoms with E-state index in [1.165, 1.54) is 12.1 Å². The van der Waals surface area contributed by atoms with E-state index >= 15 is 0 Å². The molecular formula is C28H32FN7O3. The Morgan fingerprint density at radius 2 is 1.90 bits per heavy atom. The summed E-state index contributed by atoms with van der Waals surface area (Å²) in [4.78, 5) is 33.5. The fourth-order valence-corrected chi connectivity index (χ4v) is 4.31. The summed E-state index contributed by atoms with van der Waals surface area (Å²) >= 11 is 0. The lowest BCUT2D eigenvalue weighted by atomic mass is 10.0. The molecule has 2 aromatic heterocycles. The summed E-state index contributed by atoms with van der Waals surface area (Å²) < 4.78 is 20.0. The molecule has 11 heteroatoms. The number of nitrogens with two attached hydrogens (primary N) is 1. The normalized spacial score (nSPS) is 11.0. The molecule has 2 heterocycles. The number of nitrogens with one attached hydrogen (secondary N) is 4. The number of H-pyrrole nitrogens is 1. The summed E-state index contributed by atoms with van der Waals surface area (Å²) in [5.41, 5.74) is 9.37. The number of pyridine rings is 1. The number of hydrogen-bond donors (Lipinski definition) is 5. The summed E-state index contributed by atoms with van der Waals surface area (Å²) in [6.07, 6.45) is 2.37. The third-order valence-corrected chi connectivity index (χ3v) is 6.16. The molecule has 0 aliphatic carbocycles. The van der Waals surface area contributed by atoms with E-state index in [0.717, 1.165) is 16.5 Å². The van der Waals surface area contributed by atoms with Crippen LogP contribution >= 0.6 is 0 Å². The van der Waals surface area contributed by atoms with Crippen LogP contribution in [-0.2, 0) is 11.2 Å². The van der Waals surface area contributed by atoms with E-state index in [2.05, 4.69) is 25.9 Å². The second kappa shape index (κ2) is 11.8. The van der Waals surface area contributed by atoms with Crippen LogP contribution in [0.2, 0.25) is 0 Å². The van der Waals surface area contributed by atoms with Gasteiger partial charge < -0.3 is 36.3 Å². The van der Waals surface area contributed by atoms with Crippen LogP contribution < -0.4 is 26.4 Å². The second-order valence-corrected chi connectivity index (χ2v) is 9.39. The van der Waals surface area contributed by atoms with Gasteiger partial charge in [-0.1, -0.05) is 6.07 Å². The molecule has 0 bridgehead atoms. The Morgan fingerprint density at radius 1 is 1.10 bits per heavy atom. The first kappa shape index (κ1) is 27.4. The van der Waals surface area contributed by atoms with E-state index in [9.17, 15) is 14.0 Å².